The van der Waals surface area contributed by atoms with E-state index in [4.69, 9.17) is 26.0 Å². The third kappa shape index (κ3) is 9.29. The predicted molar refractivity (Wildman–Crippen MR) is 132 cm³/mol. The van der Waals surface area contributed by atoms with Crippen molar-refractivity contribution in [3.05, 3.63) is 59.7 Å². The lowest BCUT2D eigenvalue weighted by Gasteiger charge is -2.23. The van der Waals surface area contributed by atoms with Gasteiger partial charge in [0.2, 0.25) is 0 Å². The van der Waals surface area contributed by atoms with Crippen LogP contribution in [0, 0.1) is 5.92 Å². The topological polar surface area (TPSA) is 145 Å². The molecule has 184 valence electrons. The number of hydrogen-bond donors (Lipinski definition) is 4. The molecule has 0 bridgehead atoms. The van der Waals surface area contributed by atoms with Crippen LogP contribution in [0.1, 0.15) is 34.6 Å². The van der Waals surface area contributed by atoms with E-state index in [0.717, 1.165) is 0 Å². The number of carbonyl (C=O) groups is 2. The van der Waals surface area contributed by atoms with Crippen molar-refractivity contribution in [2.45, 2.75) is 32.2 Å². The van der Waals surface area contributed by atoms with E-state index in [2.05, 4.69) is 0 Å². The minimum Gasteiger partial charge on any atom is -0.399 e. The van der Waals surface area contributed by atoms with Gasteiger partial charge in [0.1, 0.15) is 5.92 Å². The van der Waals surface area contributed by atoms with Gasteiger partial charge in [-0.05, 0) is 62.4 Å². The number of Topliss-reactive ketones (excluding diaryl/α,β-unsaturated/α-hetero) is 2. The first-order valence-corrected chi connectivity index (χ1v) is 10.0. The molecule has 0 saturated carbocycles. The van der Waals surface area contributed by atoms with E-state index in [0.29, 0.717) is 11.4 Å². The second-order valence-corrected chi connectivity index (χ2v) is 7.49. The zero-order valence-corrected chi connectivity index (χ0v) is 20.2. The van der Waals surface area contributed by atoms with Crippen LogP contribution >= 0.6 is 24.8 Å². The van der Waals surface area contributed by atoms with Crippen molar-refractivity contribution in [2.75, 3.05) is 31.3 Å². The maximum atomic E-state index is 13.1. The molecular weight excluding hydrogens is 471 g/mol. The van der Waals surface area contributed by atoms with Crippen molar-refractivity contribution >= 4 is 47.8 Å². The number of rotatable bonds is 12. The summed E-state index contributed by atoms with van der Waals surface area (Å²) >= 11 is 0. The van der Waals surface area contributed by atoms with Gasteiger partial charge in [-0.15, -0.1) is 24.8 Å². The van der Waals surface area contributed by atoms with Crippen LogP contribution in [0.5, 0.6) is 0 Å². The van der Waals surface area contributed by atoms with E-state index in [-0.39, 0.29) is 61.9 Å². The van der Waals surface area contributed by atoms with Crippen molar-refractivity contribution in [1.29, 1.82) is 0 Å². The predicted octanol–water partition coefficient (Wildman–Crippen LogP) is 2.54. The van der Waals surface area contributed by atoms with Gasteiger partial charge in [0.15, 0.2) is 11.6 Å². The quantitative estimate of drug-likeness (QED) is 0.196. The second kappa shape index (κ2) is 14.8. The van der Waals surface area contributed by atoms with E-state index >= 15 is 0 Å². The fraction of sp³-hybridized carbons (Fsp3) is 0.391. The molecule has 33 heavy (non-hydrogen) atoms. The van der Waals surface area contributed by atoms with Gasteiger partial charge < -0.3 is 31.2 Å². The lowest BCUT2D eigenvalue weighted by molar-refractivity contribution is -0.0689. The summed E-state index contributed by atoms with van der Waals surface area (Å²) in [7, 11) is 0. The summed E-state index contributed by atoms with van der Waals surface area (Å²) in [5.74, 6) is -2.43. The molecule has 2 aromatic carbocycles. The van der Waals surface area contributed by atoms with Crippen molar-refractivity contribution < 1.29 is 29.3 Å². The number of benzene rings is 2. The van der Waals surface area contributed by atoms with Gasteiger partial charge >= 0.3 is 0 Å². The number of nitrogens with two attached hydrogens (primary N) is 2. The standard InChI is InChI=1S/C23H30N2O6.2ClH/c1-14(11-26)30-12-15(2)31-13-20(27)21(22(28)16-3-7-18(24)8-4-16)23(29)17-5-9-19(25)10-6-17;;/h3-10,14-15,20-21,26-27H,11-13,24-25H2,1-2H3;2*1H. The third-order valence-corrected chi connectivity index (χ3v) is 4.76. The van der Waals surface area contributed by atoms with Gasteiger partial charge in [0.25, 0.3) is 0 Å². The Morgan fingerprint density at radius 2 is 1.18 bits per heavy atom. The summed E-state index contributed by atoms with van der Waals surface area (Å²) in [5, 5.41) is 19.8. The first kappa shape index (κ1) is 30.8. The molecule has 3 unspecified atom stereocenters. The van der Waals surface area contributed by atoms with E-state index in [1.807, 2.05) is 0 Å². The van der Waals surface area contributed by atoms with E-state index < -0.39 is 29.7 Å². The Morgan fingerprint density at radius 3 is 1.58 bits per heavy atom. The molecule has 10 heteroatoms. The molecule has 8 nitrogen and oxygen atoms in total. The minimum atomic E-state index is -1.38. The van der Waals surface area contributed by atoms with Gasteiger partial charge in [-0.2, -0.15) is 0 Å². The van der Waals surface area contributed by atoms with Crippen LogP contribution in [0.25, 0.3) is 0 Å². The Kier molecular flexibility index (Phi) is 13.9. The Hall–Kier alpha value is -2.20. The van der Waals surface area contributed by atoms with Crippen LogP contribution in [0.4, 0.5) is 11.4 Å². The summed E-state index contributed by atoms with van der Waals surface area (Å²) in [5.41, 5.74) is 12.8. The molecule has 0 spiro atoms. The molecule has 0 amide bonds. The van der Waals surface area contributed by atoms with Gasteiger partial charge in [-0.25, -0.2) is 0 Å². The summed E-state index contributed by atoms with van der Waals surface area (Å²) in [6.07, 6.45) is -2.14. The molecule has 0 saturated heterocycles. The number of hydrogen-bond acceptors (Lipinski definition) is 8. The van der Waals surface area contributed by atoms with Gasteiger partial charge in [-0.1, -0.05) is 0 Å². The maximum Gasteiger partial charge on any atom is 0.176 e. The van der Waals surface area contributed by atoms with Crippen LogP contribution in [0.15, 0.2) is 48.5 Å². The van der Waals surface area contributed by atoms with Crippen LogP contribution in [-0.2, 0) is 9.47 Å². The average molecular weight is 503 g/mol. The lowest BCUT2D eigenvalue weighted by atomic mass is 9.86. The van der Waals surface area contributed by atoms with Crippen LogP contribution in [-0.4, -0.2) is 59.9 Å². The molecule has 0 aliphatic heterocycles. The maximum absolute atomic E-state index is 13.1. The second-order valence-electron chi connectivity index (χ2n) is 7.49. The average Bonchev–Trinajstić information content (AvgIpc) is 2.76. The van der Waals surface area contributed by atoms with Crippen LogP contribution < -0.4 is 11.5 Å². The number of nitrogen functional groups attached to an aromatic ring is 2. The molecule has 0 fully saturated rings. The highest BCUT2D eigenvalue weighted by atomic mass is 35.5. The van der Waals surface area contributed by atoms with Gasteiger partial charge in [0, 0.05) is 22.5 Å². The van der Waals surface area contributed by atoms with Gasteiger partial charge in [-0.3, -0.25) is 9.59 Å². The fourth-order valence-corrected chi connectivity index (χ4v) is 2.88. The smallest absolute Gasteiger partial charge is 0.176 e. The Balaban J connectivity index is 0.00000512. The van der Waals surface area contributed by atoms with Crippen molar-refractivity contribution in [1.82, 2.24) is 0 Å². The number of ketones is 2. The highest BCUT2D eigenvalue weighted by molar-refractivity contribution is 6.16. The van der Waals surface area contributed by atoms with E-state index in [1.54, 1.807) is 38.1 Å². The van der Waals surface area contributed by atoms with Crippen LogP contribution in [0.2, 0.25) is 0 Å². The van der Waals surface area contributed by atoms with E-state index in [9.17, 15) is 14.7 Å². The largest absolute Gasteiger partial charge is 0.399 e. The van der Waals surface area contributed by atoms with Crippen LogP contribution in [0.3, 0.4) is 0 Å². The first-order chi connectivity index (χ1) is 14.7. The zero-order chi connectivity index (χ0) is 23.0. The van der Waals surface area contributed by atoms with Crippen molar-refractivity contribution in [3.63, 3.8) is 0 Å². The highest BCUT2D eigenvalue weighted by Gasteiger charge is 2.35. The molecule has 0 aromatic heterocycles. The SMILES string of the molecule is CC(CO)OCC(C)OCC(O)C(C(=O)c1ccc(N)cc1)C(=O)c1ccc(N)cc1.Cl.Cl. The van der Waals surface area contributed by atoms with Crippen molar-refractivity contribution in [3.8, 4) is 0 Å². The molecular formula is C23H32Cl2N2O6. The normalized spacial score (nSPS) is 13.4. The number of ether oxygens (including phenoxy) is 2. The monoisotopic (exact) mass is 502 g/mol. The number of carbonyl (C=O) groups excluding carboxylic acids is 2. The molecule has 2 aromatic rings. The molecule has 2 rings (SSSR count). The first-order valence-electron chi connectivity index (χ1n) is 10.0. The minimum absolute atomic E-state index is 0. The van der Waals surface area contributed by atoms with Crippen molar-refractivity contribution in [2.24, 2.45) is 5.92 Å². The Bertz CT molecular complexity index is 807. The Labute approximate surface area is 206 Å². The molecule has 0 heterocycles. The number of anilines is 2. The fourth-order valence-electron chi connectivity index (χ4n) is 2.88. The van der Waals surface area contributed by atoms with Gasteiger partial charge in [0.05, 0.1) is 38.1 Å². The summed E-state index contributed by atoms with van der Waals surface area (Å²) in [6, 6.07) is 12.3. The number of aliphatic hydroxyl groups is 2. The zero-order valence-electron chi connectivity index (χ0n) is 18.5. The molecule has 0 radical (unpaired) electrons. The molecule has 3 atom stereocenters. The lowest BCUT2D eigenvalue weighted by Crippen LogP contribution is -2.39. The molecule has 0 aliphatic rings. The summed E-state index contributed by atoms with van der Waals surface area (Å²) < 4.78 is 11.0. The molecule has 0 aliphatic carbocycles. The Morgan fingerprint density at radius 1 is 0.788 bits per heavy atom. The summed E-state index contributed by atoms with van der Waals surface area (Å²) in [4.78, 5) is 26.2. The highest BCUT2D eigenvalue weighted by Crippen LogP contribution is 2.21. The summed E-state index contributed by atoms with van der Waals surface area (Å²) in [6.45, 7) is 3.27. The number of aliphatic hydroxyl groups excluding tert-OH is 2. The number of halogens is 2. The van der Waals surface area contributed by atoms with E-state index in [1.165, 1.54) is 24.3 Å². The third-order valence-electron chi connectivity index (χ3n) is 4.76. The molecule has 6 N–H and O–H groups in total.